The molecule has 1 aliphatic carbocycles. The fraction of sp³-hybridized carbons (Fsp3) is 0.583. The van der Waals surface area contributed by atoms with Crippen LogP contribution in [0.25, 0.3) is 0 Å². The summed E-state index contributed by atoms with van der Waals surface area (Å²) in [7, 11) is 0. The minimum atomic E-state index is -1.04. The number of carbonyl (C=O) groups is 1. The summed E-state index contributed by atoms with van der Waals surface area (Å²) in [4.78, 5) is 19.0. The maximum absolute atomic E-state index is 11.0. The van der Waals surface area contributed by atoms with Crippen molar-refractivity contribution in [2.24, 2.45) is 5.41 Å². The number of nitrogens with one attached hydrogen (secondary N) is 1. The molecular weight excluding hydrogens is 234 g/mol. The molecule has 0 atom stereocenters. The third-order valence-corrected chi connectivity index (χ3v) is 3.37. The van der Waals surface area contributed by atoms with Gasteiger partial charge in [-0.15, -0.1) is 0 Å². The molecule has 2 rings (SSSR count). The van der Waals surface area contributed by atoms with Gasteiger partial charge in [0.25, 0.3) is 0 Å². The van der Waals surface area contributed by atoms with Gasteiger partial charge in [-0.2, -0.15) is 0 Å². The molecule has 1 aromatic rings. The summed E-state index contributed by atoms with van der Waals surface area (Å²) in [6, 6.07) is 0. The van der Waals surface area contributed by atoms with Crippen molar-refractivity contribution in [2.45, 2.75) is 26.2 Å². The number of aryl methyl sites for hydroxylation is 1. The van der Waals surface area contributed by atoms with Crippen LogP contribution in [0.5, 0.6) is 0 Å². The van der Waals surface area contributed by atoms with Crippen LogP contribution in [0.15, 0.2) is 6.20 Å². The second-order valence-corrected chi connectivity index (χ2v) is 4.81. The van der Waals surface area contributed by atoms with E-state index >= 15 is 0 Å². The molecule has 0 bridgehead atoms. The molecule has 0 spiro atoms. The highest BCUT2D eigenvalue weighted by atomic mass is 16.4. The Morgan fingerprint density at radius 3 is 2.83 bits per heavy atom. The molecule has 18 heavy (non-hydrogen) atoms. The predicted octanol–water partition coefficient (Wildman–Crippen LogP) is 1.06. The van der Waals surface area contributed by atoms with Gasteiger partial charge in [-0.1, -0.05) is 0 Å². The van der Waals surface area contributed by atoms with Crippen LogP contribution in [-0.2, 0) is 0 Å². The largest absolute Gasteiger partial charge is 0.477 e. The molecule has 6 heteroatoms. The lowest BCUT2D eigenvalue weighted by molar-refractivity contribution is 0.0697. The Balaban J connectivity index is 2.08. The number of aromatic carboxylic acids is 1. The Hall–Kier alpha value is -1.69. The number of aliphatic hydroxyl groups excluding tert-OH is 1. The van der Waals surface area contributed by atoms with Gasteiger partial charge in [0, 0.05) is 19.3 Å². The Morgan fingerprint density at radius 1 is 1.56 bits per heavy atom. The number of anilines is 1. The zero-order chi connectivity index (χ0) is 13.2. The van der Waals surface area contributed by atoms with Gasteiger partial charge in [-0.3, -0.25) is 0 Å². The smallest absolute Gasteiger partial charge is 0.341 e. The summed E-state index contributed by atoms with van der Waals surface area (Å²) in [5.41, 5.74) is 0.198. The highest BCUT2D eigenvalue weighted by Crippen LogP contribution is 2.48. The van der Waals surface area contributed by atoms with Crippen molar-refractivity contribution in [1.82, 2.24) is 9.97 Å². The Morgan fingerprint density at radius 2 is 2.28 bits per heavy atom. The summed E-state index contributed by atoms with van der Waals surface area (Å²) in [5, 5.41) is 21.1. The maximum Gasteiger partial charge on any atom is 0.341 e. The van der Waals surface area contributed by atoms with Crippen molar-refractivity contribution in [3.63, 3.8) is 0 Å². The minimum absolute atomic E-state index is 0.0837. The number of hydrogen-bond donors (Lipinski definition) is 3. The van der Waals surface area contributed by atoms with Crippen LogP contribution < -0.4 is 5.32 Å². The van der Waals surface area contributed by atoms with E-state index in [1.54, 1.807) is 6.92 Å². The summed E-state index contributed by atoms with van der Waals surface area (Å²) in [5.74, 6) is -0.141. The lowest BCUT2D eigenvalue weighted by atomic mass is 10.0. The zero-order valence-electron chi connectivity index (χ0n) is 10.3. The van der Waals surface area contributed by atoms with E-state index in [0.717, 1.165) is 19.3 Å². The third kappa shape index (κ3) is 2.76. The van der Waals surface area contributed by atoms with Crippen LogP contribution >= 0.6 is 0 Å². The first-order valence-electron chi connectivity index (χ1n) is 5.98. The fourth-order valence-corrected chi connectivity index (χ4v) is 1.96. The van der Waals surface area contributed by atoms with Crippen LogP contribution in [0.1, 0.15) is 35.4 Å². The molecule has 3 N–H and O–H groups in total. The summed E-state index contributed by atoms with van der Waals surface area (Å²) >= 11 is 0. The first-order valence-corrected chi connectivity index (χ1v) is 5.98. The maximum atomic E-state index is 11.0. The van der Waals surface area contributed by atoms with E-state index in [1.165, 1.54) is 6.20 Å². The number of nitrogens with zero attached hydrogens (tertiary/aromatic N) is 2. The summed E-state index contributed by atoms with van der Waals surface area (Å²) in [6.07, 6.45) is 4.19. The van der Waals surface area contributed by atoms with Crippen molar-refractivity contribution in [2.75, 3.05) is 18.5 Å². The van der Waals surface area contributed by atoms with Crippen molar-refractivity contribution < 1.29 is 15.0 Å². The highest BCUT2D eigenvalue weighted by Gasteiger charge is 2.41. The molecule has 98 valence electrons. The molecule has 0 saturated heterocycles. The predicted molar refractivity (Wildman–Crippen MR) is 65.6 cm³/mol. The normalized spacial score (nSPS) is 16.3. The number of aliphatic hydroxyl groups is 1. The zero-order valence-corrected chi connectivity index (χ0v) is 10.3. The summed E-state index contributed by atoms with van der Waals surface area (Å²) in [6.45, 7) is 2.53. The average Bonchev–Trinajstić information content (AvgIpc) is 3.07. The molecule has 0 amide bonds. The molecule has 1 fully saturated rings. The van der Waals surface area contributed by atoms with E-state index in [1.807, 2.05) is 0 Å². The molecule has 0 unspecified atom stereocenters. The van der Waals surface area contributed by atoms with E-state index < -0.39 is 5.97 Å². The molecule has 1 saturated carbocycles. The monoisotopic (exact) mass is 251 g/mol. The van der Waals surface area contributed by atoms with Crippen LogP contribution in [-0.4, -0.2) is 39.3 Å². The van der Waals surface area contributed by atoms with E-state index in [2.05, 4.69) is 15.3 Å². The second-order valence-electron chi connectivity index (χ2n) is 4.81. The quantitative estimate of drug-likeness (QED) is 0.699. The first kappa shape index (κ1) is 12.8. The molecule has 1 aliphatic rings. The van der Waals surface area contributed by atoms with Gasteiger partial charge >= 0.3 is 5.97 Å². The number of rotatable bonds is 6. The van der Waals surface area contributed by atoms with Gasteiger partial charge < -0.3 is 15.5 Å². The Labute approximate surface area is 105 Å². The van der Waals surface area contributed by atoms with Gasteiger partial charge in [-0.05, 0) is 31.6 Å². The van der Waals surface area contributed by atoms with Crippen LogP contribution in [0.4, 0.5) is 5.82 Å². The van der Waals surface area contributed by atoms with Crippen molar-refractivity contribution in [3.05, 3.63) is 17.6 Å². The van der Waals surface area contributed by atoms with Crippen molar-refractivity contribution in [1.29, 1.82) is 0 Å². The third-order valence-electron chi connectivity index (χ3n) is 3.37. The summed E-state index contributed by atoms with van der Waals surface area (Å²) < 4.78 is 0. The SMILES string of the molecule is Cc1ncc(C(=O)O)c(NCC2(CCO)CC2)n1. The van der Waals surface area contributed by atoms with Gasteiger partial charge in [0.05, 0.1) is 0 Å². The van der Waals surface area contributed by atoms with E-state index in [0.29, 0.717) is 18.2 Å². The Bertz CT molecular complexity index is 458. The van der Waals surface area contributed by atoms with E-state index in [9.17, 15) is 4.79 Å². The van der Waals surface area contributed by atoms with Crippen LogP contribution in [0.3, 0.4) is 0 Å². The van der Waals surface area contributed by atoms with Crippen LogP contribution in [0, 0.1) is 12.3 Å². The molecule has 0 aliphatic heterocycles. The lowest BCUT2D eigenvalue weighted by Crippen LogP contribution is -2.19. The topological polar surface area (TPSA) is 95.3 Å². The van der Waals surface area contributed by atoms with Crippen LogP contribution in [0.2, 0.25) is 0 Å². The van der Waals surface area contributed by atoms with Gasteiger partial charge in [0.2, 0.25) is 0 Å². The standard InChI is InChI=1S/C12H17N3O3/c1-8-13-6-9(11(17)18)10(15-8)14-7-12(2-3-12)4-5-16/h6,16H,2-5,7H2,1H3,(H,17,18)(H,13,14,15). The number of hydrogen-bond acceptors (Lipinski definition) is 5. The van der Waals surface area contributed by atoms with Gasteiger partial charge in [0.15, 0.2) is 0 Å². The van der Waals surface area contributed by atoms with E-state index in [-0.39, 0.29) is 17.6 Å². The molecule has 0 aromatic carbocycles. The molecule has 0 radical (unpaired) electrons. The van der Waals surface area contributed by atoms with Crippen molar-refractivity contribution >= 4 is 11.8 Å². The lowest BCUT2D eigenvalue weighted by Gasteiger charge is -2.16. The molecule has 1 heterocycles. The number of aromatic nitrogens is 2. The van der Waals surface area contributed by atoms with Crippen molar-refractivity contribution in [3.8, 4) is 0 Å². The van der Waals surface area contributed by atoms with E-state index in [4.69, 9.17) is 10.2 Å². The molecular formula is C12H17N3O3. The molecule has 6 nitrogen and oxygen atoms in total. The average molecular weight is 251 g/mol. The Kier molecular flexibility index (Phi) is 3.47. The number of carboxylic acids is 1. The molecule has 1 aromatic heterocycles. The minimum Gasteiger partial charge on any atom is -0.477 e. The fourth-order valence-electron chi connectivity index (χ4n) is 1.96. The van der Waals surface area contributed by atoms with Gasteiger partial charge in [-0.25, -0.2) is 14.8 Å². The first-order chi connectivity index (χ1) is 8.56. The second kappa shape index (κ2) is 4.89. The highest BCUT2D eigenvalue weighted by molar-refractivity contribution is 5.92. The van der Waals surface area contributed by atoms with Gasteiger partial charge in [0.1, 0.15) is 17.2 Å². The number of carboxylic acid groups (broad SMARTS) is 1.